The first-order valence-corrected chi connectivity index (χ1v) is 3.04. The minimum Gasteiger partial charge on any atom is -0.472 e. The second-order valence-electron chi connectivity index (χ2n) is 2.07. The predicted molar refractivity (Wildman–Crippen MR) is 41.1 cm³/mol. The van der Waals surface area contributed by atoms with Crippen molar-refractivity contribution in [1.29, 1.82) is 5.41 Å². The van der Waals surface area contributed by atoms with E-state index < -0.39 is 0 Å². The number of furan rings is 1. The van der Waals surface area contributed by atoms with E-state index in [1.54, 1.807) is 25.5 Å². The molecule has 0 amide bonds. The fourth-order valence-electron chi connectivity index (χ4n) is 0.591. The second kappa shape index (κ2) is 3.01. The van der Waals surface area contributed by atoms with Crippen LogP contribution in [0.4, 0.5) is 0 Å². The summed E-state index contributed by atoms with van der Waals surface area (Å²) in [6, 6.07) is 1.85. The maximum atomic E-state index is 7.08. The molecule has 0 spiro atoms. The van der Waals surface area contributed by atoms with Crippen molar-refractivity contribution in [3.05, 3.63) is 30.2 Å². The molecule has 2 nitrogen and oxygen atoms in total. The third-order valence-corrected chi connectivity index (χ3v) is 1.07. The molecular formula is C8H9NO. The Morgan fingerprint density at radius 3 is 3.00 bits per heavy atom. The highest BCUT2D eigenvalue weighted by Gasteiger charge is 1.84. The number of allylic oxidation sites excluding steroid dienone is 1. The van der Waals surface area contributed by atoms with E-state index >= 15 is 0 Å². The van der Waals surface area contributed by atoms with Crippen molar-refractivity contribution in [2.75, 3.05) is 0 Å². The van der Waals surface area contributed by atoms with Gasteiger partial charge in [0.1, 0.15) is 0 Å². The Kier molecular flexibility index (Phi) is 2.05. The first-order valence-electron chi connectivity index (χ1n) is 3.04. The maximum Gasteiger partial charge on any atom is 0.0974 e. The molecule has 0 saturated heterocycles. The van der Waals surface area contributed by atoms with Crippen LogP contribution in [0.15, 0.2) is 29.1 Å². The molecule has 52 valence electrons. The highest BCUT2D eigenvalue weighted by Crippen LogP contribution is 2.01. The quantitative estimate of drug-likeness (QED) is 0.621. The summed E-state index contributed by atoms with van der Waals surface area (Å²) in [5.74, 6) is 0. The summed E-state index contributed by atoms with van der Waals surface area (Å²) in [5, 5.41) is 7.08. The van der Waals surface area contributed by atoms with Crippen LogP contribution < -0.4 is 0 Å². The lowest BCUT2D eigenvalue weighted by Gasteiger charge is -1.80. The van der Waals surface area contributed by atoms with E-state index in [9.17, 15) is 0 Å². The molecular weight excluding hydrogens is 126 g/mol. The average Bonchev–Trinajstić information content (AvgIpc) is 2.34. The fraction of sp³-hybridized carbons (Fsp3) is 0.125. The minimum absolute atomic E-state index is 0.543. The van der Waals surface area contributed by atoms with E-state index in [0.717, 1.165) is 5.56 Å². The van der Waals surface area contributed by atoms with Crippen molar-refractivity contribution in [2.45, 2.75) is 6.92 Å². The third kappa shape index (κ3) is 1.90. The van der Waals surface area contributed by atoms with Crippen LogP contribution in [0.25, 0.3) is 6.08 Å². The standard InChI is InChI=1S/C8H9NO/c1-7(9)2-3-8-4-5-10-6-8/h2-6,9H,1H3/b3-2+,9-7?. The van der Waals surface area contributed by atoms with Crippen molar-refractivity contribution in [2.24, 2.45) is 0 Å². The number of hydrogen-bond donors (Lipinski definition) is 1. The van der Waals surface area contributed by atoms with Crippen molar-refractivity contribution >= 4 is 11.8 Å². The Bertz CT molecular complexity index is 234. The van der Waals surface area contributed by atoms with Crippen LogP contribution >= 0.6 is 0 Å². The number of nitrogens with one attached hydrogen (secondary N) is 1. The topological polar surface area (TPSA) is 37.0 Å². The fourth-order valence-corrected chi connectivity index (χ4v) is 0.591. The Hall–Kier alpha value is -1.31. The minimum atomic E-state index is 0.543. The lowest BCUT2D eigenvalue weighted by atomic mass is 10.3. The molecule has 1 aromatic rings. The molecule has 0 aliphatic heterocycles. The summed E-state index contributed by atoms with van der Waals surface area (Å²) in [6.07, 6.45) is 6.81. The Morgan fingerprint density at radius 2 is 2.50 bits per heavy atom. The molecule has 0 radical (unpaired) electrons. The van der Waals surface area contributed by atoms with Crippen LogP contribution in [0.3, 0.4) is 0 Å². The third-order valence-electron chi connectivity index (χ3n) is 1.07. The molecule has 10 heavy (non-hydrogen) atoms. The van der Waals surface area contributed by atoms with Crippen molar-refractivity contribution in [3.63, 3.8) is 0 Å². The summed E-state index contributed by atoms with van der Waals surface area (Å²) in [5.41, 5.74) is 1.54. The van der Waals surface area contributed by atoms with Crippen LogP contribution in [-0.4, -0.2) is 5.71 Å². The van der Waals surface area contributed by atoms with Gasteiger partial charge in [-0.3, -0.25) is 0 Å². The van der Waals surface area contributed by atoms with Gasteiger partial charge in [-0.05, 0) is 25.1 Å². The largest absolute Gasteiger partial charge is 0.472 e. The van der Waals surface area contributed by atoms with Crippen molar-refractivity contribution in [1.82, 2.24) is 0 Å². The van der Waals surface area contributed by atoms with Gasteiger partial charge in [0.25, 0.3) is 0 Å². The van der Waals surface area contributed by atoms with Gasteiger partial charge >= 0.3 is 0 Å². The van der Waals surface area contributed by atoms with Gasteiger partial charge in [0.2, 0.25) is 0 Å². The second-order valence-corrected chi connectivity index (χ2v) is 2.07. The monoisotopic (exact) mass is 135 g/mol. The summed E-state index contributed by atoms with van der Waals surface area (Å²) in [7, 11) is 0. The molecule has 1 aromatic heterocycles. The molecule has 0 fully saturated rings. The number of rotatable bonds is 2. The van der Waals surface area contributed by atoms with Gasteiger partial charge < -0.3 is 9.83 Å². The van der Waals surface area contributed by atoms with Crippen LogP contribution in [0.1, 0.15) is 12.5 Å². The van der Waals surface area contributed by atoms with Gasteiger partial charge in [-0.15, -0.1) is 0 Å². The highest BCUT2D eigenvalue weighted by molar-refractivity contribution is 5.93. The Balaban J connectivity index is 2.64. The normalized spacial score (nSPS) is 10.5. The first kappa shape index (κ1) is 6.81. The van der Waals surface area contributed by atoms with E-state index in [2.05, 4.69) is 0 Å². The molecule has 1 rings (SSSR count). The van der Waals surface area contributed by atoms with Crippen LogP contribution in [0.2, 0.25) is 0 Å². The van der Waals surface area contributed by atoms with E-state index in [4.69, 9.17) is 9.83 Å². The van der Waals surface area contributed by atoms with Gasteiger partial charge in [-0.1, -0.05) is 0 Å². The SMILES string of the molecule is CC(=N)/C=C/c1ccoc1. The first-order chi connectivity index (χ1) is 4.79. The van der Waals surface area contributed by atoms with E-state index in [-0.39, 0.29) is 0 Å². The zero-order chi connectivity index (χ0) is 7.40. The van der Waals surface area contributed by atoms with Gasteiger partial charge in [-0.25, -0.2) is 0 Å². The molecule has 2 heteroatoms. The van der Waals surface area contributed by atoms with E-state index in [1.165, 1.54) is 0 Å². The van der Waals surface area contributed by atoms with Gasteiger partial charge in [0.05, 0.1) is 12.5 Å². The lowest BCUT2D eigenvalue weighted by Crippen LogP contribution is -1.76. The molecule has 0 unspecified atom stereocenters. The van der Waals surface area contributed by atoms with Crippen molar-refractivity contribution < 1.29 is 4.42 Å². The zero-order valence-electron chi connectivity index (χ0n) is 5.79. The summed E-state index contributed by atoms with van der Waals surface area (Å²) >= 11 is 0. The zero-order valence-corrected chi connectivity index (χ0v) is 5.79. The van der Waals surface area contributed by atoms with Crippen molar-refractivity contribution in [3.8, 4) is 0 Å². The van der Waals surface area contributed by atoms with Gasteiger partial charge in [0.15, 0.2) is 0 Å². The van der Waals surface area contributed by atoms with Gasteiger partial charge in [-0.2, -0.15) is 0 Å². The Morgan fingerprint density at radius 1 is 1.70 bits per heavy atom. The van der Waals surface area contributed by atoms with Crippen LogP contribution in [0.5, 0.6) is 0 Å². The number of hydrogen-bond acceptors (Lipinski definition) is 2. The van der Waals surface area contributed by atoms with E-state index in [0.29, 0.717) is 5.71 Å². The summed E-state index contributed by atoms with van der Waals surface area (Å²) in [4.78, 5) is 0. The van der Waals surface area contributed by atoms with E-state index in [1.807, 2.05) is 12.1 Å². The molecule has 0 aliphatic carbocycles. The highest BCUT2D eigenvalue weighted by atomic mass is 16.3. The lowest BCUT2D eigenvalue weighted by molar-refractivity contribution is 0.567. The average molecular weight is 135 g/mol. The molecule has 1 heterocycles. The molecule has 0 bridgehead atoms. The van der Waals surface area contributed by atoms with Crippen LogP contribution in [-0.2, 0) is 0 Å². The smallest absolute Gasteiger partial charge is 0.0974 e. The molecule has 1 N–H and O–H groups in total. The molecule has 0 aromatic carbocycles. The van der Waals surface area contributed by atoms with Crippen LogP contribution in [0, 0.1) is 5.41 Å². The molecule has 0 aliphatic rings. The maximum absolute atomic E-state index is 7.08. The molecule has 0 atom stereocenters. The summed E-state index contributed by atoms with van der Waals surface area (Å²) in [6.45, 7) is 1.73. The summed E-state index contributed by atoms with van der Waals surface area (Å²) < 4.78 is 4.83. The van der Waals surface area contributed by atoms with Gasteiger partial charge in [0, 0.05) is 11.3 Å². The molecule has 0 saturated carbocycles. The Labute approximate surface area is 59.7 Å². The predicted octanol–water partition coefficient (Wildman–Crippen LogP) is 2.33.